The number of carbonyl (C=O) groups is 2. The van der Waals surface area contributed by atoms with Gasteiger partial charge >= 0.3 is 6.09 Å². The summed E-state index contributed by atoms with van der Waals surface area (Å²) in [5.74, 6) is 0. The number of halogens is 1. The lowest BCUT2D eigenvalue weighted by molar-refractivity contribution is 0.0255. The number of rotatable bonds is 6. The summed E-state index contributed by atoms with van der Waals surface area (Å²) < 4.78 is 5.47. The van der Waals surface area contributed by atoms with Crippen molar-refractivity contribution in [3.63, 3.8) is 0 Å². The molecular formula is C22H25ClN2O4. The summed E-state index contributed by atoms with van der Waals surface area (Å²) in [4.78, 5) is 29.4. The van der Waals surface area contributed by atoms with Gasteiger partial charge in [-0.3, -0.25) is 9.69 Å². The van der Waals surface area contributed by atoms with E-state index in [0.29, 0.717) is 29.1 Å². The number of aldehydes is 1. The Hall–Kier alpha value is -2.44. The summed E-state index contributed by atoms with van der Waals surface area (Å²) in [7, 11) is 0. The van der Waals surface area contributed by atoms with E-state index in [4.69, 9.17) is 16.3 Å². The highest BCUT2D eigenvalue weighted by Crippen LogP contribution is 2.35. The molecule has 1 fully saturated rings. The molecule has 0 saturated carbocycles. The van der Waals surface area contributed by atoms with Crippen LogP contribution in [0.2, 0.25) is 5.15 Å². The second-order valence-corrected chi connectivity index (χ2v) is 7.95. The Morgan fingerprint density at radius 2 is 2.00 bits per heavy atom. The van der Waals surface area contributed by atoms with E-state index in [1.807, 2.05) is 12.1 Å². The average molecular weight is 417 g/mol. The van der Waals surface area contributed by atoms with Gasteiger partial charge in [-0.05, 0) is 44.7 Å². The van der Waals surface area contributed by atoms with Gasteiger partial charge < -0.3 is 9.84 Å². The van der Waals surface area contributed by atoms with Crippen molar-refractivity contribution in [2.45, 2.75) is 57.4 Å². The molecule has 0 radical (unpaired) electrons. The second-order valence-electron chi connectivity index (χ2n) is 7.56. The Balaban J connectivity index is 1.82. The molecule has 6 nitrogen and oxygen atoms in total. The number of ether oxygens (including phenoxy) is 1. The third-order valence-corrected chi connectivity index (χ3v) is 5.36. The van der Waals surface area contributed by atoms with E-state index >= 15 is 0 Å². The molecule has 3 rings (SSSR count). The first-order chi connectivity index (χ1) is 13.9. The van der Waals surface area contributed by atoms with Crippen LogP contribution in [-0.4, -0.2) is 45.6 Å². The van der Waals surface area contributed by atoms with Crippen molar-refractivity contribution < 1.29 is 19.4 Å². The first kappa shape index (κ1) is 21.3. The Bertz CT molecular complexity index is 839. The smallest absolute Gasteiger partial charge is 0.410 e. The lowest BCUT2D eigenvalue weighted by Gasteiger charge is -2.33. The van der Waals surface area contributed by atoms with E-state index in [-0.39, 0.29) is 12.1 Å². The lowest BCUT2D eigenvalue weighted by atomic mass is 10.0. The number of pyridine rings is 1. The van der Waals surface area contributed by atoms with Crippen molar-refractivity contribution in [3.8, 4) is 0 Å². The molecule has 3 atom stereocenters. The number of hydrogen-bond donors (Lipinski definition) is 1. The van der Waals surface area contributed by atoms with E-state index in [1.165, 1.54) is 6.20 Å². The number of likely N-dealkylation sites (tertiary alicyclic amines) is 1. The van der Waals surface area contributed by atoms with Gasteiger partial charge in [-0.1, -0.05) is 41.9 Å². The minimum Gasteiger partial charge on any atom is -0.447 e. The summed E-state index contributed by atoms with van der Waals surface area (Å²) in [6.45, 7) is 3.60. The minimum atomic E-state index is -0.887. The number of aromatic nitrogens is 1. The molecule has 1 aliphatic rings. The molecule has 0 spiro atoms. The topological polar surface area (TPSA) is 79.7 Å². The van der Waals surface area contributed by atoms with Gasteiger partial charge in [0.15, 0.2) is 0 Å². The molecule has 29 heavy (non-hydrogen) atoms. The maximum absolute atomic E-state index is 12.9. The zero-order valence-electron chi connectivity index (χ0n) is 16.5. The zero-order valence-corrected chi connectivity index (χ0v) is 17.2. The molecule has 0 unspecified atom stereocenters. The Morgan fingerprint density at radius 3 is 2.59 bits per heavy atom. The number of benzene rings is 1. The van der Waals surface area contributed by atoms with Crippen LogP contribution < -0.4 is 0 Å². The summed E-state index contributed by atoms with van der Waals surface area (Å²) in [6, 6.07) is 10.1. The fraction of sp³-hybridized carbons (Fsp3) is 0.409. The molecule has 2 aromatic rings. The number of hydrogen-bond acceptors (Lipinski definition) is 5. The Morgan fingerprint density at radius 1 is 1.28 bits per heavy atom. The van der Waals surface area contributed by atoms with Crippen molar-refractivity contribution in [3.05, 3.63) is 64.4 Å². The van der Waals surface area contributed by atoms with Crippen molar-refractivity contribution in [2.75, 3.05) is 0 Å². The van der Waals surface area contributed by atoms with Crippen LogP contribution in [0.5, 0.6) is 0 Å². The number of aliphatic hydroxyl groups is 1. The largest absolute Gasteiger partial charge is 0.447 e. The predicted octanol–water partition coefficient (Wildman–Crippen LogP) is 4.20. The molecule has 154 valence electrons. The summed E-state index contributed by atoms with van der Waals surface area (Å²) >= 11 is 5.85. The molecule has 1 saturated heterocycles. The molecular weight excluding hydrogens is 392 g/mol. The van der Waals surface area contributed by atoms with Crippen LogP contribution in [0.4, 0.5) is 4.79 Å². The molecule has 1 aromatic heterocycles. The molecule has 0 aliphatic carbocycles. The van der Waals surface area contributed by atoms with Crippen molar-refractivity contribution in [1.29, 1.82) is 0 Å². The second kappa shape index (κ2) is 9.37. The van der Waals surface area contributed by atoms with Gasteiger partial charge in [-0.2, -0.15) is 0 Å². The zero-order chi connectivity index (χ0) is 21.0. The first-order valence-electron chi connectivity index (χ1n) is 9.71. The van der Waals surface area contributed by atoms with E-state index in [1.54, 1.807) is 43.0 Å². The molecule has 1 aliphatic heterocycles. The summed E-state index contributed by atoms with van der Waals surface area (Å²) in [6.07, 6.45) is 2.77. The van der Waals surface area contributed by atoms with E-state index in [2.05, 4.69) is 4.98 Å². The highest BCUT2D eigenvalue weighted by atomic mass is 35.5. The predicted molar refractivity (Wildman–Crippen MR) is 110 cm³/mol. The Labute approximate surface area is 175 Å². The number of nitrogens with zero attached hydrogens (tertiary/aromatic N) is 2. The van der Waals surface area contributed by atoms with Gasteiger partial charge in [0, 0.05) is 23.4 Å². The van der Waals surface area contributed by atoms with E-state index in [9.17, 15) is 14.7 Å². The fourth-order valence-electron chi connectivity index (χ4n) is 3.76. The van der Waals surface area contributed by atoms with Crippen LogP contribution in [-0.2, 0) is 11.2 Å². The van der Waals surface area contributed by atoms with Gasteiger partial charge in [0.25, 0.3) is 0 Å². The number of amides is 1. The molecule has 1 aromatic carbocycles. The molecule has 1 N–H and O–H groups in total. The quantitative estimate of drug-likeness (QED) is 0.563. The van der Waals surface area contributed by atoms with Gasteiger partial charge in [-0.25, -0.2) is 9.78 Å². The highest BCUT2D eigenvalue weighted by Gasteiger charge is 2.42. The number of carbonyl (C=O) groups excluding carboxylic acids is 2. The van der Waals surface area contributed by atoms with Gasteiger partial charge in [0.05, 0.1) is 12.1 Å². The van der Waals surface area contributed by atoms with Crippen LogP contribution in [0.3, 0.4) is 0 Å². The third kappa shape index (κ3) is 5.14. The fourth-order valence-corrected chi connectivity index (χ4v) is 3.87. The molecule has 2 heterocycles. The van der Waals surface area contributed by atoms with Gasteiger partial charge in [-0.15, -0.1) is 0 Å². The van der Waals surface area contributed by atoms with Crippen LogP contribution in [0.1, 0.15) is 54.3 Å². The third-order valence-electron chi connectivity index (χ3n) is 5.14. The van der Waals surface area contributed by atoms with Crippen molar-refractivity contribution >= 4 is 24.0 Å². The Kier molecular flexibility index (Phi) is 6.87. The minimum absolute atomic E-state index is 0.108. The average Bonchev–Trinajstić information content (AvgIpc) is 3.11. The molecule has 0 bridgehead atoms. The highest BCUT2D eigenvalue weighted by molar-refractivity contribution is 6.29. The van der Waals surface area contributed by atoms with Gasteiger partial charge in [0.1, 0.15) is 17.5 Å². The van der Waals surface area contributed by atoms with Crippen LogP contribution in [0.25, 0.3) is 0 Å². The van der Waals surface area contributed by atoms with Crippen molar-refractivity contribution in [1.82, 2.24) is 9.88 Å². The van der Waals surface area contributed by atoms with E-state index in [0.717, 1.165) is 18.3 Å². The first-order valence-corrected chi connectivity index (χ1v) is 10.1. The van der Waals surface area contributed by atoms with Crippen LogP contribution in [0, 0.1) is 0 Å². The lowest BCUT2D eigenvalue weighted by Crippen LogP contribution is -2.45. The monoisotopic (exact) mass is 416 g/mol. The molecule has 7 heteroatoms. The SMILES string of the molecule is CC(C)OC(=O)N1[C@H](Cc2ccc(C=O)cc2)CC[C@@H]1[C@H](O)c1ccc(Cl)nc1. The number of aliphatic hydroxyl groups excluding tert-OH is 1. The maximum atomic E-state index is 12.9. The van der Waals surface area contributed by atoms with Crippen LogP contribution >= 0.6 is 11.6 Å². The summed E-state index contributed by atoms with van der Waals surface area (Å²) in [5.41, 5.74) is 2.24. The van der Waals surface area contributed by atoms with Crippen LogP contribution in [0.15, 0.2) is 42.6 Å². The van der Waals surface area contributed by atoms with Gasteiger partial charge in [0.2, 0.25) is 0 Å². The maximum Gasteiger partial charge on any atom is 0.410 e. The summed E-state index contributed by atoms with van der Waals surface area (Å²) in [5, 5.41) is 11.3. The normalized spacial score (nSPS) is 20.0. The molecule has 1 amide bonds. The standard InChI is InChI=1S/C22H25ClN2O4/c1-14(2)29-22(28)25-18(11-15-3-5-16(13-26)6-4-15)8-9-19(25)21(27)17-7-10-20(23)24-12-17/h3-7,10,12-14,18-19,21,27H,8-9,11H2,1-2H3/t18-,19+,21+/m0/s1. The van der Waals surface area contributed by atoms with Crippen molar-refractivity contribution in [2.24, 2.45) is 0 Å². The van der Waals surface area contributed by atoms with E-state index < -0.39 is 18.2 Å².